The van der Waals surface area contributed by atoms with Gasteiger partial charge in [-0.1, -0.05) is 78.5 Å². The van der Waals surface area contributed by atoms with Gasteiger partial charge >= 0.3 is 11.9 Å². The van der Waals surface area contributed by atoms with Crippen LogP contribution in [0.15, 0.2) is 95.1 Å². The molecule has 0 aliphatic carbocycles. The minimum Gasteiger partial charge on any atom is -0.460 e. The van der Waals surface area contributed by atoms with Crippen molar-refractivity contribution in [2.75, 3.05) is 17.7 Å². The maximum atomic E-state index is 13.9. The number of allylic oxidation sites excluding steroid dienone is 1. The van der Waals surface area contributed by atoms with Crippen LogP contribution in [0.2, 0.25) is 0 Å². The molecule has 0 saturated carbocycles. The van der Waals surface area contributed by atoms with E-state index >= 15 is 0 Å². The second-order valence-corrected chi connectivity index (χ2v) is 14.3. The minimum atomic E-state index is -1.01. The first-order valence-corrected chi connectivity index (χ1v) is 17.9. The summed E-state index contributed by atoms with van der Waals surface area (Å²) >= 11 is 2.42. The number of fused-ring (bicyclic) bond motifs is 1. The van der Waals surface area contributed by atoms with Crippen LogP contribution in [0.1, 0.15) is 56.5 Å². The van der Waals surface area contributed by atoms with E-state index in [1.54, 1.807) is 20.8 Å². The average molecular weight is 732 g/mol. The SMILES string of the molecule is C=CC1=C(C(=O)OC(c2ccccc2)c2ccccc2)N2C(=O)C(NC(=O)C(=NOCCCC(=O)OC(C)(C)C)c3csc(NC=O)n3)[C@H]2SC1. The van der Waals surface area contributed by atoms with Crippen molar-refractivity contribution in [2.45, 2.75) is 56.7 Å². The summed E-state index contributed by atoms with van der Waals surface area (Å²) in [5, 5.41) is 10.2. The maximum Gasteiger partial charge on any atom is 0.356 e. The van der Waals surface area contributed by atoms with Crippen LogP contribution in [0.3, 0.4) is 0 Å². The van der Waals surface area contributed by atoms with Gasteiger partial charge in [-0.25, -0.2) is 9.78 Å². The highest BCUT2D eigenvalue weighted by molar-refractivity contribution is 8.00. The van der Waals surface area contributed by atoms with Gasteiger partial charge in [0.25, 0.3) is 11.8 Å². The van der Waals surface area contributed by atoms with E-state index < -0.39 is 46.9 Å². The van der Waals surface area contributed by atoms with E-state index in [-0.39, 0.29) is 41.7 Å². The molecule has 3 aromatic rings. The van der Waals surface area contributed by atoms with E-state index in [0.717, 1.165) is 22.5 Å². The second-order valence-electron chi connectivity index (χ2n) is 12.3. The number of anilines is 1. The third kappa shape index (κ3) is 9.10. The average Bonchev–Trinajstić information content (AvgIpc) is 3.58. The molecule has 2 N–H and O–H groups in total. The Labute approximate surface area is 303 Å². The molecule has 0 spiro atoms. The number of hydrogen-bond acceptors (Lipinski definition) is 12. The number of benzene rings is 2. The number of aromatic nitrogens is 1. The summed E-state index contributed by atoms with van der Waals surface area (Å²) in [4.78, 5) is 75.2. The lowest BCUT2D eigenvalue weighted by molar-refractivity contribution is -0.155. The number of β-lactam (4-membered cyclic amide) rings is 1. The Kier molecular flexibility index (Phi) is 12.1. The molecule has 2 aromatic carbocycles. The molecule has 2 aliphatic rings. The van der Waals surface area contributed by atoms with E-state index in [0.29, 0.717) is 17.7 Å². The molecule has 1 saturated heterocycles. The van der Waals surface area contributed by atoms with E-state index in [1.807, 2.05) is 60.7 Å². The van der Waals surface area contributed by atoms with Crippen LogP contribution in [0.25, 0.3) is 0 Å². The van der Waals surface area contributed by atoms with Crippen molar-refractivity contribution < 1.29 is 38.3 Å². The highest BCUT2D eigenvalue weighted by atomic mass is 32.2. The smallest absolute Gasteiger partial charge is 0.356 e. The van der Waals surface area contributed by atoms with Crippen molar-refractivity contribution in [3.8, 4) is 0 Å². The van der Waals surface area contributed by atoms with E-state index in [1.165, 1.54) is 28.1 Å². The molecule has 5 rings (SSSR count). The number of nitrogens with zero attached hydrogens (tertiary/aromatic N) is 3. The van der Waals surface area contributed by atoms with Gasteiger partial charge in [0.05, 0.1) is 0 Å². The fourth-order valence-electron chi connectivity index (χ4n) is 5.23. The Bertz CT molecular complexity index is 1800. The predicted octanol–water partition coefficient (Wildman–Crippen LogP) is 4.73. The van der Waals surface area contributed by atoms with Crippen LogP contribution in [-0.4, -0.2) is 75.1 Å². The third-order valence-electron chi connectivity index (χ3n) is 7.49. The normalized spacial score (nSPS) is 17.2. The first-order valence-electron chi connectivity index (χ1n) is 16.0. The molecule has 15 heteroatoms. The topological polar surface area (TPSA) is 166 Å². The number of amides is 3. The molecule has 0 radical (unpaired) electrons. The Hall–Kier alpha value is -5.28. The molecule has 3 amide bonds. The molecule has 51 heavy (non-hydrogen) atoms. The first kappa shape index (κ1) is 37.0. The summed E-state index contributed by atoms with van der Waals surface area (Å²) in [6, 6.07) is 17.6. The molecule has 1 fully saturated rings. The summed E-state index contributed by atoms with van der Waals surface area (Å²) < 4.78 is 11.4. The standard InChI is InChI=1S/C36H37N5O8S2/c1-5-22-19-50-33-28(32(45)41(33)29(22)34(46)48-30(23-13-8-6-9-14-23)24-15-10-7-11-16-24)39-31(44)27(25-20-51-35(38-25)37-21-42)40-47-18-12-17-26(43)49-36(2,3)4/h5-11,13-16,20-21,28,30,33H,1,12,17-19H2,2-4H3,(H,39,44)(H,37,38,42)/t28?,33-/m1/s1. The van der Waals surface area contributed by atoms with E-state index in [4.69, 9.17) is 14.3 Å². The number of oxime groups is 1. The molecule has 13 nitrogen and oxygen atoms in total. The number of thioether (sulfide) groups is 1. The molecule has 1 unspecified atom stereocenters. The lowest BCUT2D eigenvalue weighted by Gasteiger charge is -2.49. The lowest BCUT2D eigenvalue weighted by Crippen LogP contribution is -2.71. The Morgan fingerprint density at radius 1 is 1.10 bits per heavy atom. The van der Waals surface area contributed by atoms with Gasteiger partial charge in [0.15, 0.2) is 16.9 Å². The van der Waals surface area contributed by atoms with Crippen LogP contribution in [0.5, 0.6) is 0 Å². The monoisotopic (exact) mass is 731 g/mol. The van der Waals surface area contributed by atoms with Gasteiger partial charge in [-0.15, -0.1) is 23.1 Å². The summed E-state index contributed by atoms with van der Waals surface area (Å²) in [7, 11) is 0. The Morgan fingerprint density at radius 3 is 2.37 bits per heavy atom. The van der Waals surface area contributed by atoms with Crippen LogP contribution in [0.4, 0.5) is 5.13 Å². The number of hydrogen-bond donors (Lipinski definition) is 2. The summed E-state index contributed by atoms with van der Waals surface area (Å²) in [5.74, 6) is -2.06. The Balaban J connectivity index is 1.31. The van der Waals surface area contributed by atoms with Crippen LogP contribution in [-0.2, 0) is 38.3 Å². The van der Waals surface area contributed by atoms with Gasteiger partial charge in [0.2, 0.25) is 6.41 Å². The van der Waals surface area contributed by atoms with Gasteiger partial charge in [-0.05, 0) is 43.9 Å². The van der Waals surface area contributed by atoms with Crippen molar-refractivity contribution in [3.63, 3.8) is 0 Å². The number of thiazole rings is 1. The lowest BCUT2D eigenvalue weighted by atomic mass is 10.0. The van der Waals surface area contributed by atoms with Gasteiger partial charge in [-0.2, -0.15) is 0 Å². The molecule has 2 aliphatic heterocycles. The first-order chi connectivity index (χ1) is 24.5. The van der Waals surface area contributed by atoms with Crippen LogP contribution >= 0.6 is 23.1 Å². The van der Waals surface area contributed by atoms with Gasteiger partial charge in [-0.3, -0.25) is 24.1 Å². The molecular weight excluding hydrogens is 695 g/mol. The zero-order chi connectivity index (χ0) is 36.5. The fraction of sp³-hybridized carbons (Fsp3) is 0.306. The van der Waals surface area contributed by atoms with E-state index in [2.05, 4.69) is 27.4 Å². The molecule has 3 heterocycles. The van der Waals surface area contributed by atoms with Gasteiger partial charge < -0.3 is 24.9 Å². The highest BCUT2D eigenvalue weighted by Crippen LogP contribution is 2.42. The molecule has 266 valence electrons. The summed E-state index contributed by atoms with van der Waals surface area (Å²) in [6.07, 6.45) is 1.58. The van der Waals surface area contributed by atoms with Crippen LogP contribution in [0, 0.1) is 0 Å². The largest absolute Gasteiger partial charge is 0.460 e. The zero-order valence-corrected chi connectivity index (χ0v) is 29.8. The number of esters is 2. The van der Waals surface area contributed by atoms with Crippen molar-refractivity contribution in [2.24, 2.45) is 5.16 Å². The van der Waals surface area contributed by atoms with Gasteiger partial charge in [0.1, 0.15) is 35.0 Å². The molecule has 1 aromatic heterocycles. The summed E-state index contributed by atoms with van der Waals surface area (Å²) in [6.45, 7) is 9.15. The van der Waals surface area contributed by atoms with Gasteiger partial charge in [0, 0.05) is 17.6 Å². The van der Waals surface area contributed by atoms with Crippen molar-refractivity contribution in [1.29, 1.82) is 0 Å². The number of carbonyl (C=O) groups excluding carboxylic acids is 5. The van der Waals surface area contributed by atoms with Crippen LogP contribution < -0.4 is 10.6 Å². The van der Waals surface area contributed by atoms with Crippen molar-refractivity contribution in [1.82, 2.24) is 15.2 Å². The van der Waals surface area contributed by atoms with Crippen molar-refractivity contribution in [3.05, 3.63) is 107 Å². The Morgan fingerprint density at radius 2 is 1.76 bits per heavy atom. The minimum absolute atomic E-state index is 0.0121. The molecule has 0 bridgehead atoms. The number of carbonyl (C=O) groups is 5. The molecule has 2 atom stereocenters. The van der Waals surface area contributed by atoms with Crippen molar-refractivity contribution >= 4 is 64.1 Å². The number of rotatable bonds is 15. The third-order valence-corrected chi connectivity index (χ3v) is 9.57. The molecular formula is C36H37N5O8S2. The fourth-order valence-corrected chi connectivity index (χ4v) is 7.23. The van der Waals surface area contributed by atoms with E-state index in [9.17, 15) is 24.0 Å². The maximum absolute atomic E-state index is 13.9. The quantitative estimate of drug-likeness (QED) is 0.0558. The predicted molar refractivity (Wildman–Crippen MR) is 192 cm³/mol. The second kappa shape index (κ2) is 16.6. The summed E-state index contributed by atoms with van der Waals surface area (Å²) in [5.41, 5.74) is 1.33. The zero-order valence-electron chi connectivity index (χ0n) is 28.2. The number of ether oxygens (including phenoxy) is 2. The highest BCUT2D eigenvalue weighted by Gasteiger charge is 2.54. The number of nitrogens with one attached hydrogen (secondary N) is 2.